The second kappa shape index (κ2) is 6.11. The predicted molar refractivity (Wildman–Crippen MR) is 98.6 cm³/mol. The molecule has 3 heterocycles. The van der Waals surface area contributed by atoms with Crippen LogP contribution in [0, 0.1) is 6.92 Å². The molecule has 0 radical (unpaired) electrons. The third-order valence-electron chi connectivity index (χ3n) is 4.78. The van der Waals surface area contributed by atoms with E-state index in [-0.39, 0.29) is 5.75 Å². The number of aromatic nitrogens is 4. The molecule has 0 aliphatic carbocycles. The summed E-state index contributed by atoms with van der Waals surface area (Å²) >= 11 is 6.09. The molecule has 0 atom stereocenters. The highest BCUT2D eigenvalue weighted by Gasteiger charge is 2.24. The molecule has 25 heavy (non-hydrogen) atoms. The number of phenolic OH excluding ortho intramolecular Hbond substituents is 1. The number of imidazole rings is 1. The highest BCUT2D eigenvalue weighted by Crippen LogP contribution is 2.34. The Labute approximate surface area is 151 Å². The lowest BCUT2D eigenvalue weighted by Crippen LogP contribution is -2.20. The summed E-state index contributed by atoms with van der Waals surface area (Å²) < 4.78 is 3.97. The van der Waals surface area contributed by atoms with Crippen LogP contribution in [0.25, 0.3) is 17.1 Å². The molecule has 0 saturated carbocycles. The Morgan fingerprint density at radius 3 is 2.68 bits per heavy atom. The Morgan fingerprint density at radius 2 is 1.96 bits per heavy atom. The average Bonchev–Trinajstić information content (AvgIpc) is 3.31. The molecule has 0 spiro atoms. The molecule has 3 aromatic rings. The minimum atomic E-state index is 0.0684. The Balaban J connectivity index is 1.87. The van der Waals surface area contributed by atoms with Crippen molar-refractivity contribution in [3.63, 3.8) is 0 Å². The van der Waals surface area contributed by atoms with Gasteiger partial charge in [0.2, 0.25) is 0 Å². The SMILES string of the molecule is Cc1c(-n2ccnc2-c2ccc(O)c(Cl)c2)c(N2CCCC2)nn1C. The maximum absolute atomic E-state index is 9.68. The summed E-state index contributed by atoms with van der Waals surface area (Å²) in [4.78, 5) is 6.85. The van der Waals surface area contributed by atoms with Gasteiger partial charge in [-0.25, -0.2) is 4.98 Å². The van der Waals surface area contributed by atoms with Crippen LogP contribution in [0.3, 0.4) is 0 Å². The molecule has 1 N–H and O–H groups in total. The Morgan fingerprint density at radius 1 is 1.20 bits per heavy atom. The van der Waals surface area contributed by atoms with Crippen LogP contribution in [0.1, 0.15) is 18.5 Å². The van der Waals surface area contributed by atoms with Crippen LogP contribution in [0.4, 0.5) is 5.82 Å². The van der Waals surface area contributed by atoms with Gasteiger partial charge in [-0.3, -0.25) is 9.25 Å². The number of hydrogen-bond acceptors (Lipinski definition) is 4. The lowest BCUT2D eigenvalue weighted by atomic mass is 10.2. The summed E-state index contributed by atoms with van der Waals surface area (Å²) in [6.07, 6.45) is 6.11. The van der Waals surface area contributed by atoms with Gasteiger partial charge in [-0.15, -0.1) is 0 Å². The van der Waals surface area contributed by atoms with E-state index >= 15 is 0 Å². The molecule has 1 fully saturated rings. The minimum absolute atomic E-state index is 0.0684. The van der Waals surface area contributed by atoms with Gasteiger partial charge in [-0.2, -0.15) is 5.10 Å². The standard InChI is InChI=1S/C18H20ClN5O/c1-12-16(18(21-22(12)2)23-8-3-4-9-23)24-10-7-20-17(24)13-5-6-15(25)14(19)11-13/h5-7,10-11,25H,3-4,8-9H2,1-2H3. The molecular weight excluding hydrogens is 338 g/mol. The van der Waals surface area contributed by atoms with E-state index < -0.39 is 0 Å². The van der Waals surface area contributed by atoms with E-state index in [4.69, 9.17) is 16.7 Å². The summed E-state index contributed by atoms with van der Waals surface area (Å²) in [5.74, 6) is 1.83. The van der Waals surface area contributed by atoms with Crippen molar-refractivity contribution < 1.29 is 5.11 Å². The first kappa shape index (κ1) is 16.0. The molecule has 6 nitrogen and oxygen atoms in total. The molecular formula is C18H20ClN5O. The van der Waals surface area contributed by atoms with Gasteiger partial charge in [0, 0.05) is 38.1 Å². The van der Waals surface area contributed by atoms with Gasteiger partial charge in [0.1, 0.15) is 17.3 Å². The van der Waals surface area contributed by atoms with Gasteiger partial charge in [0.05, 0.1) is 10.7 Å². The van der Waals surface area contributed by atoms with E-state index in [0.29, 0.717) is 5.02 Å². The van der Waals surface area contributed by atoms with Crippen molar-refractivity contribution >= 4 is 17.4 Å². The van der Waals surface area contributed by atoms with E-state index in [2.05, 4.69) is 21.4 Å². The molecule has 0 amide bonds. The molecule has 1 aliphatic heterocycles. The second-order valence-electron chi connectivity index (χ2n) is 6.36. The summed E-state index contributed by atoms with van der Waals surface area (Å²) in [5, 5.41) is 14.7. The van der Waals surface area contributed by atoms with Crippen molar-refractivity contribution in [2.45, 2.75) is 19.8 Å². The van der Waals surface area contributed by atoms with Crippen molar-refractivity contribution in [1.29, 1.82) is 0 Å². The van der Waals surface area contributed by atoms with Crippen molar-refractivity contribution in [3.05, 3.63) is 41.3 Å². The molecule has 2 aromatic heterocycles. The fraction of sp³-hybridized carbons (Fsp3) is 0.333. The van der Waals surface area contributed by atoms with Crippen LogP contribution in [-0.2, 0) is 7.05 Å². The molecule has 0 unspecified atom stereocenters. The molecule has 4 rings (SSSR count). The molecule has 7 heteroatoms. The Kier molecular flexibility index (Phi) is 3.92. The zero-order valence-electron chi connectivity index (χ0n) is 14.3. The number of anilines is 1. The first-order valence-electron chi connectivity index (χ1n) is 8.37. The highest BCUT2D eigenvalue weighted by molar-refractivity contribution is 6.32. The zero-order chi connectivity index (χ0) is 17.6. The van der Waals surface area contributed by atoms with E-state index in [1.54, 1.807) is 18.3 Å². The quantitative estimate of drug-likeness (QED) is 0.778. The molecule has 0 bridgehead atoms. The van der Waals surface area contributed by atoms with Crippen LogP contribution >= 0.6 is 11.6 Å². The monoisotopic (exact) mass is 357 g/mol. The number of phenols is 1. The summed E-state index contributed by atoms with van der Waals surface area (Å²) in [7, 11) is 1.96. The van der Waals surface area contributed by atoms with Gasteiger partial charge in [-0.1, -0.05) is 11.6 Å². The third-order valence-corrected chi connectivity index (χ3v) is 5.08. The number of nitrogens with zero attached hydrogens (tertiary/aromatic N) is 5. The van der Waals surface area contributed by atoms with E-state index in [0.717, 1.165) is 41.7 Å². The first-order chi connectivity index (χ1) is 12.1. The molecule has 1 aliphatic rings. The van der Waals surface area contributed by atoms with Crippen molar-refractivity contribution in [1.82, 2.24) is 19.3 Å². The van der Waals surface area contributed by atoms with Crippen LogP contribution < -0.4 is 4.90 Å². The van der Waals surface area contributed by atoms with Gasteiger partial charge >= 0.3 is 0 Å². The number of rotatable bonds is 3. The maximum atomic E-state index is 9.68. The van der Waals surface area contributed by atoms with E-state index in [1.807, 2.05) is 24.0 Å². The summed E-state index contributed by atoms with van der Waals surface area (Å²) in [5.41, 5.74) is 2.97. The smallest absolute Gasteiger partial charge is 0.175 e. The predicted octanol–water partition coefficient (Wildman–Crippen LogP) is 3.54. The first-order valence-corrected chi connectivity index (χ1v) is 8.75. The van der Waals surface area contributed by atoms with Gasteiger partial charge in [-0.05, 0) is 38.0 Å². The Hall–Kier alpha value is -2.47. The van der Waals surface area contributed by atoms with Crippen LogP contribution in [0.5, 0.6) is 5.75 Å². The number of halogens is 1. The van der Waals surface area contributed by atoms with Crippen LogP contribution in [-0.4, -0.2) is 37.5 Å². The minimum Gasteiger partial charge on any atom is -0.506 e. The maximum Gasteiger partial charge on any atom is 0.175 e. The summed E-state index contributed by atoms with van der Waals surface area (Å²) in [6.45, 7) is 4.12. The highest BCUT2D eigenvalue weighted by atomic mass is 35.5. The summed E-state index contributed by atoms with van der Waals surface area (Å²) in [6, 6.07) is 5.15. The third kappa shape index (κ3) is 2.66. The van der Waals surface area contributed by atoms with Gasteiger partial charge in [0.25, 0.3) is 0 Å². The number of aromatic hydroxyl groups is 1. The normalized spacial score (nSPS) is 14.4. The lowest BCUT2D eigenvalue weighted by Gasteiger charge is -2.18. The number of hydrogen-bond donors (Lipinski definition) is 1. The van der Waals surface area contributed by atoms with Gasteiger partial charge < -0.3 is 10.0 Å². The van der Waals surface area contributed by atoms with Gasteiger partial charge in [0.15, 0.2) is 5.82 Å². The average molecular weight is 358 g/mol. The van der Waals surface area contributed by atoms with Crippen molar-refractivity contribution in [3.8, 4) is 22.8 Å². The fourth-order valence-electron chi connectivity index (χ4n) is 3.35. The van der Waals surface area contributed by atoms with E-state index in [9.17, 15) is 5.11 Å². The molecule has 130 valence electrons. The largest absolute Gasteiger partial charge is 0.506 e. The van der Waals surface area contributed by atoms with Crippen LogP contribution in [0.2, 0.25) is 5.02 Å². The fourth-order valence-corrected chi connectivity index (χ4v) is 3.53. The van der Waals surface area contributed by atoms with E-state index in [1.165, 1.54) is 12.8 Å². The second-order valence-corrected chi connectivity index (χ2v) is 6.77. The Bertz CT molecular complexity index is 924. The zero-order valence-corrected chi connectivity index (χ0v) is 15.0. The van der Waals surface area contributed by atoms with Crippen LogP contribution in [0.15, 0.2) is 30.6 Å². The molecule has 1 aromatic carbocycles. The molecule has 1 saturated heterocycles. The number of benzene rings is 1. The van der Waals surface area contributed by atoms with Crippen molar-refractivity contribution in [2.24, 2.45) is 7.05 Å². The lowest BCUT2D eigenvalue weighted by molar-refractivity contribution is 0.475. The van der Waals surface area contributed by atoms with Crippen molar-refractivity contribution in [2.75, 3.05) is 18.0 Å². The number of aryl methyl sites for hydroxylation is 1. The topological polar surface area (TPSA) is 59.1 Å².